The predicted molar refractivity (Wildman–Crippen MR) is 153 cm³/mol. The van der Waals surface area contributed by atoms with Gasteiger partial charge in [0.15, 0.2) is 18.3 Å². The number of carbonyl (C=O) groups excluding carboxylic acids is 5. The standard InChI is InChI=1S/C31H41ClO11/c1-9-15(2)28(36)39-14-23(35)42-22-13-11-17(4)25(32)27-31(38,18(5)29(37)43-27)26(41-20(7)34)24-16(3)10-12-21(30(22,24)8)40-19(6)33/h11,13,15,18,21-22,24-27,38H,3-4,9-10,12,14H2,1-2,5-8H3. The second kappa shape index (κ2) is 13.2. The van der Waals surface area contributed by atoms with Crippen LogP contribution in [0.3, 0.4) is 0 Å². The Morgan fingerprint density at radius 1 is 1.16 bits per heavy atom. The molecule has 0 bridgehead atoms. The molecule has 0 spiro atoms. The van der Waals surface area contributed by atoms with E-state index in [9.17, 15) is 29.1 Å². The van der Waals surface area contributed by atoms with Gasteiger partial charge in [-0.1, -0.05) is 45.6 Å². The topological polar surface area (TPSA) is 152 Å². The number of hydrogen-bond acceptors (Lipinski definition) is 11. The van der Waals surface area contributed by atoms with Crippen LogP contribution in [0, 0.1) is 23.2 Å². The van der Waals surface area contributed by atoms with Gasteiger partial charge in [-0.15, -0.1) is 11.6 Å². The Morgan fingerprint density at radius 2 is 1.79 bits per heavy atom. The third-order valence-electron chi connectivity index (χ3n) is 8.96. The van der Waals surface area contributed by atoms with Gasteiger partial charge in [0.05, 0.1) is 22.6 Å². The van der Waals surface area contributed by atoms with Crippen LogP contribution < -0.4 is 0 Å². The average molecular weight is 625 g/mol. The first-order chi connectivity index (χ1) is 20.0. The minimum Gasteiger partial charge on any atom is -0.462 e. The van der Waals surface area contributed by atoms with E-state index in [1.165, 1.54) is 26.0 Å². The first-order valence-corrected chi connectivity index (χ1v) is 14.8. The number of esters is 5. The number of carbonyl (C=O) groups is 5. The molecule has 1 heterocycles. The lowest BCUT2D eigenvalue weighted by atomic mass is 9.55. The zero-order valence-corrected chi connectivity index (χ0v) is 26.2. The average Bonchev–Trinajstić information content (AvgIpc) is 3.17. The van der Waals surface area contributed by atoms with Gasteiger partial charge >= 0.3 is 29.8 Å². The van der Waals surface area contributed by atoms with Gasteiger partial charge in [-0.25, -0.2) is 4.79 Å². The van der Waals surface area contributed by atoms with E-state index in [1.54, 1.807) is 20.8 Å². The molecule has 3 rings (SSSR count). The molecular weight excluding hydrogens is 584 g/mol. The molecule has 2 aliphatic carbocycles. The first-order valence-electron chi connectivity index (χ1n) is 14.3. The first kappa shape index (κ1) is 34.3. The molecule has 1 saturated heterocycles. The summed E-state index contributed by atoms with van der Waals surface area (Å²) >= 11 is 6.73. The SMILES string of the molecule is C=C1C=CC(OC(=O)COC(=O)C(C)CC)C2(C)C(OC(C)=O)CCC(=C)C2C(OC(C)=O)C2(O)C(C)C(=O)OC2C1Cl. The summed E-state index contributed by atoms with van der Waals surface area (Å²) in [6, 6.07) is 0. The highest BCUT2D eigenvalue weighted by molar-refractivity contribution is 6.23. The number of aliphatic hydroxyl groups is 1. The molecule has 1 aliphatic heterocycles. The van der Waals surface area contributed by atoms with E-state index >= 15 is 0 Å². The number of ether oxygens (including phenoxy) is 5. The number of allylic oxidation sites excluding steroid dienone is 1. The smallest absolute Gasteiger partial charge is 0.344 e. The highest BCUT2D eigenvalue weighted by atomic mass is 35.5. The van der Waals surface area contributed by atoms with Crippen LogP contribution >= 0.6 is 11.6 Å². The van der Waals surface area contributed by atoms with Crippen LogP contribution in [0.2, 0.25) is 0 Å². The second-order valence-electron chi connectivity index (χ2n) is 11.8. The van der Waals surface area contributed by atoms with E-state index in [1.807, 2.05) is 0 Å². The van der Waals surface area contributed by atoms with E-state index in [0.717, 1.165) is 6.92 Å². The number of hydrogen-bond donors (Lipinski definition) is 1. The van der Waals surface area contributed by atoms with Crippen LogP contribution in [0.4, 0.5) is 0 Å². The van der Waals surface area contributed by atoms with Gasteiger partial charge in [-0.2, -0.15) is 0 Å². The predicted octanol–water partition coefficient (Wildman–Crippen LogP) is 3.35. The van der Waals surface area contributed by atoms with Crippen molar-refractivity contribution < 1.29 is 52.8 Å². The number of fused-ring (bicyclic) bond motifs is 2. The molecule has 1 saturated carbocycles. The molecule has 1 N–H and O–H groups in total. The summed E-state index contributed by atoms with van der Waals surface area (Å²) in [5, 5.41) is 11.2. The second-order valence-corrected chi connectivity index (χ2v) is 12.3. The normalized spacial score (nSPS) is 36.4. The lowest BCUT2D eigenvalue weighted by Gasteiger charge is -2.55. The summed E-state index contributed by atoms with van der Waals surface area (Å²) < 4.78 is 28.2. The number of halogens is 1. The van der Waals surface area contributed by atoms with Crippen molar-refractivity contribution >= 4 is 41.4 Å². The van der Waals surface area contributed by atoms with Crippen molar-refractivity contribution in [2.75, 3.05) is 6.61 Å². The van der Waals surface area contributed by atoms with E-state index in [4.69, 9.17) is 35.3 Å². The van der Waals surface area contributed by atoms with E-state index in [2.05, 4.69) is 13.2 Å². The maximum absolute atomic E-state index is 13.1. The summed E-state index contributed by atoms with van der Waals surface area (Å²) in [7, 11) is 0. The van der Waals surface area contributed by atoms with Crippen molar-refractivity contribution in [1.29, 1.82) is 0 Å². The molecule has 11 nitrogen and oxygen atoms in total. The van der Waals surface area contributed by atoms with Gasteiger partial charge in [-0.3, -0.25) is 19.2 Å². The minimum atomic E-state index is -2.20. The zero-order valence-electron chi connectivity index (χ0n) is 25.4. The fraction of sp³-hybridized carbons (Fsp3) is 0.645. The largest absolute Gasteiger partial charge is 0.462 e. The van der Waals surface area contributed by atoms with Crippen molar-refractivity contribution in [3.05, 3.63) is 36.5 Å². The summed E-state index contributed by atoms with van der Waals surface area (Å²) in [6.45, 7) is 16.4. The zero-order chi connectivity index (χ0) is 32.4. The molecule has 10 unspecified atom stereocenters. The van der Waals surface area contributed by atoms with Crippen molar-refractivity contribution in [3.63, 3.8) is 0 Å². The molecule has 0 aromatic heterocycles. The van der Waals surface area contributed by atoms with E-state index < -0.39 is 95.0 Å². The Balaban J connectivity index is 2.24. The van der Waals surface area contributed by atoms with Gasteiger partial charge in [0, 0.05) is 19.8 Å². The molecular formula is C31H41ClO11. The Labute approximate surface area is 256 Å². The van der Waals surface area contributed by atoms with Crippen LogP contribution in [0.5, 0.6) is 0 Å². The van der Waals surface area contributed by atoms with Crippen LogP contribution in [0.15, 0.2) is 36.5 Å². The van der Waals surface area contributed by atoms with Gasteiger partial charge in [-0.05, 0) is 37.8 Å². The van der Waals surface area contributed by atoms with E-state index in [0.29, 0.717) is 12.0 Å². The Morgan fingerprint density at radius 3 is 2.37 bits per heavy atom. The summed E-state index contributed by atoms with van der Waals surface area (Å²) in [6.07, 6.45) is -1.07. The molecule has 0 aromatic carbocycles. The molecule has 0 aromatic rings. The fourth-order valence-corrected chi connectivity index (χ4v) is 6.59. The molecule has 12 heteroatoms. The molecule has 2 fully saturated rings. The van der Waals surface area contributed by atoms with Crippen LogP contribution in [0.25, 0.3) is 0 Å². The van der Waals surface area contributed by atoms with Crippen molar-refractivity contribution in [2.24, 2.45) is 23.2 Å². The monoisotopic (exact) mass is 624 g/mol. The molecule has 10 atom stereocenters. The molecule has 238 valence electrons. The lowest BCUT2D eigenvalue weighted by Crippen LogP contribution is -2.66. The van der Waals surface area contributed by atoms with Crippen molar-refractivity contribution in [1.82, 2.24) is 0 Å². The van der Waals surface area contributed by atoms with E-state index in [-0.39, 0.29) is 18.4 Å². The summed E-state index contributed by atoms with van der Waals surface area (Å²) in [5.74, 6) is -6.35. The minimum absolute atomic E-state index is 0.193. The maximum Gasteiger partial charge on any atom is 0.344 e. The summed E-state index contributed by atoms with van der Waals surface area (Å²) in [5.41, 5.74) is -2.96. The highest BCUT2D eigenvalue weighted by Crippen LogP contribution is 2.56. The van der Waals surface area contributed by atoms with Gasteiger partial charge < -0.3 is 28.8 Å². The van der Waals surface area contributed by atoms with Gasteiger partial charge in [0.1, 0.15) is 18.3 Å². The van der Waals surface area contributed by atoms with Crippen molar-refractivity contribution in [3.8, 4) is 0 Å². The Kier molecular flexibility index (Phi) is 10.5. The van der Waals surface area contributed by atoms with Crippen LogP contribution in [0.1, 0.15) is 60.8 Å². The van der Waals surface area contributed by atoms with Crippen LogP contribution in [-0.2, 0) is 47.7 Å². The maximum atomic E-state index is 13.1. The summed E-state index contributed by atoms with van der Waals surface area (Å²) in [4.78, 5) is 63.2. The quantitative estimate of drug-likeness (QED) is 0.192. The number of rotatable bonds is 7. The lowest BCUT2D eigenvalue weighted by molar-refractivity contribution is -0.218. The highest BCUT2D eigenvalue weighted by Gasteiger charge is 2.69. The third kappa shape index (κ3) is 6.52. The third-order valence-corrected chi connectivity index (χ3v) is 9.47. The number of alkyl halides is 1. The Hall–Kier alpha value is -3.18. The molecule has 0 amide bonds. The van der Waals surface area contributed by atoms with Gasteiger partial charge in [0.25, 0.3) is 0 Å². The van der Waals surface area contributed by atoms with Crippen LogP contribution in [-0.4, -0.2) is 77.0 Å². The molecule has 3 aliphatic rings. The van der Waals surface area contributed by atoms with Gasteiger partial charge in [0.2, 0.25) is 0 Å². The molecule has 43 heavy (non-hydrogen) atoms. The molecule has 0 radical (unpaired) electrons. The fourth-order valence-electron chi connectivity index (χ4n) is 6.26. The van der Waals surface area contributed by atoms with Crippen molar-refractivity contribution in [2.45, 2.75) is 96.2 Å². The Bertz CT molecular complexity index is 1210.